The van der Waals surface area contributed by atoms with E-state index in [-0.39, 0.29) is 18.2 Å². The molecule has 2 amide bonds. The summed E-state index contributed by atoms with van der Waals surface area (Å²) in [5.41, 5.74) is 1.28. The maximum absolute atomic E-state index is 12.6. The molecule has 25 heavy (non-hydrogen) atoms. The Bertz CT molecular complexity index is 704. The molecule has 2 aromatic rings. The number of unbranched alkanes of at least 4 members (excludes halogenated alkanes) is 1. The Kier molecular flexibility index (Phi) is 7.48. The fraction of sp³-hybridized carbons (Fsp3) is 0.300. The van der Waals surface area contributed by atoms with Crippen LogP contribution >= 0.6 is 11.6 Å². The zero-order valence-electron chi connectivity index (χ0n) is 14.3. The Morgan fingerprint density at radius 1 is 1.04 bits per heavy atom. The van der Waals surface area contributed by atoms with Gasteiger partial charge in [-0.2, -0.15) is 0 Å². The average Bonchev–Trinajstić information content (AvgIpc) is 2.62. The first-order valence-corrected chi connectivity index (χ1v) is 8.86. The summed E-state index contributed by atoms with van der Waals surface area (Å²) >= 11 is 6.10. The normalized spacial score (nSPS) is 11.6. The Hall–Kier alpha value is -2.33. The summed E-state index contributed by atoms with van der Waals surface area (Å²) in [5, 5.41) is 6.21. The van der Waals surface area contributed by atoms with E-state index in [2.05, 4.69) is 17.6 Å². The standard InChI is InChI=1S/C20H23ClN2O2/c1-2-3-13-22-19(24)14-18(15-9-5-4-6-10-15)23-20(25)16-11-7-8-12-17(16)21/h4-12,18H,2-3,13-14H2,1H3,(H,22,24)(H,23,25). The number of hydrogen-bond donors (Lipinski definition) is 2. The molecule has 0 saturated heterocycles. The van der Waals surface area contributed by atoms with Gasteiger partial charge in [0.05, 0.1) is 23.0 Å². The Morgan fingerprint density at radius 3 is 2.40 bits per heavy atom. The second-order valence-corrected chi connectivity index (χ2v) is 6.23. The fourth-order valence-corrected chi connectivity index (χ4v) is 2.70. The minimum atomic E-state index is -0.411. The number of carbonyl (C=O) groups is 2. The second kappa shape index (κ2) is 9.84. The monoisotopic (exact) mass is 358 g/mol. The van der Waals surface area contributed by atoms with Crippen LogP contribution in [-0.4, -0.2) is 18.4 Å². The summed E-state index contributed by atoms with van der Waals surface area (Å²) in [7, 11) is 0. The topological polar surface area (TPSA) is 58.2 Å². The van der Waals surface area contributed by atoms with Gasteiger partial charge < -0.3 is 10.6 Å². The van der Waals surface area contributed by atoms with Gasteiger partial charge in [0.15, 0.2) is 0 Å². The van der Waals surface area contributed by atoms with Crippen molar-refractivity contribution in [1.82, 2.24) is 10.6 Å². The summed E-state index contributed by atoms with van der Waals surface area (Å²) in [4.78, 5) is 24.8. The first kappa shape index (κ1) is 19.0. The van der Waals surface area contributed by atoms with Gasteiger partial charge in [0, 0.05) is 6.54 Å². The van der Waals surface area contributed by atoms with Crippen LogP contribution in [0.4, 0.5) is 0 Å². The number of nitrogens with one attached hydrogen (secondary N) is 2. The second-order valence-electron chi connectivity index (χ2n) is 5.82. The highest BCUT2D eigenvalue weighted by atomic mass is 35.5. The molecule has 1 atom stereocenters. The van der Waals surface area contributed by atoms with Gasteiger partial charge in [0.2, 0.25) is 5.91 Å². The van der Waals surface area contributed by atoms with Crippen LogP contribution in [0.25, 0.3) is 0 Å². The minimum Gasteiger partial charge on any atom is -0.356 e. The van der Waals surface area contributed by atoms with Crippen molar-refractivity contribution in [2.24, 2.45) is 0 Å². The lowest BCUT2D eigenvalue weighted by Crippen LogP contribution is -2.34. The van der Waals surface area contributed by atoms with E-state index in [9.17, 15) is 9.59 Å². The lowest BCUT2D eigenvalue weighted by Gasteiger charge is -2.19. The van der Waals surface area contributed by atoms with Gasteiger partial charge >= 0.3 is 0 Å². The van der Waals surface area contributed by atoms with Crippen molar-refractivity contribution in [2.45, 2.75) is 32.2 Å². The van der Waals surface area contributed by atoms with Gasteiger partial charge in [-0.05, 0) is 24.1 Å². The first-order chi connectivity index (χ1) is 12.1. The highest BCUT2D eigenvalue weighted by Gasteiger charge is 2.20. The Morgan fingerprint density at radius 2 is 1.72 bits per heavy atom. The quantitative estimate of drug-likeness (QED) is 0.697. The van der Waals surface area contributed by atoms with Crippen LogP contribution in [0.1, 0.15) is 48.1 Å². The summed E-state index contributed by atoms with van der Waals surface area (Å²) < 4.78 is 0. The molecule has 0 saturated carbocycles. The molecular weight excluding hydrogens is 336 g/mol. The molecule has 0 fully saturated rings. The number of rotatable bonds is 8. The molecule has 0 aliphatic heterocycles. The van der Waals surface area contributed by atoms with Crippen molar-refractivity contribution in [2.75, 3.05) is 6.54 Å². The molecule has 2 aromatic carbocycles. The smallest absolute Gasteiger partial charge is 0.253 e. The van der Waals surface area contributed by atoms with Crippen LogP contribution in [0, 0.1) is 0 Å². The van der Waals surface area contributed by atoms with Gasteiger partial charge in [-0.15, -0.1) is 0 Å². The van der Waals surface area contributed by atoms with Crippen LogP contribution < -0.4 is 10.6 Å². The lowest BCUT2D eigenvalue weighted by atomic mass is 10.0. The van der Waals surface area contributed by atoms with Crippen molar-refractivity contribution >= 4 is 23.4 Å². The van der Waals surface area contributed by atoms with Crippen LogP contribution in [0.5, 0.6) is 0 Å². The third-order valence-electron chi connectivity index (χ3n) is 3.87. The van der Waals surface area contributed by atoms with Crippen LogP contribution in [0.2, 0.25) is 5.02 Å². The molecule has 0 aromatic heterocycles. The molecule has 132 valence electrons. The van der Waals surface area contributed by atoms with Gasteiger partial charge in [-0.25, -0.2) is 0 Å². The molecule has 0 aliphatic rings. The maximum Gasteiger partial charge on any atom is 0.253 e. The van der Waals surface area contributed by atoms with Crippen molar-refractivity contribution in [1.29, 1.82) is 0 Å². The van der Waals surface area contributed by atoms with E-state index in [1.54, 1.807) is 24.3 Å². The highest BCUT2D eigenvalue weighted by molar-refractivity contribution is 6.33. The van der Waals surface area contributed by atoms with Gasteiger partial charge in [0.1, 0.15) is 0 Å². The van der Waals surface area contributed by atoms with Gasteiger partial charge in [-0.1, -0.05) is 67.4 Å². The van der Waals surface area contributed by atoms with E-state index < -0.39 is 6.04 Å². The number of hydrogen-bond acceptors (Lipinski definition) is 2. The Balaban J connectivity index is 2.11. The molecular formula is C20H23ClN2O2. The average molecular weight is 359 g/mol. The first-order valence-electron chi connectivity index (χ1n) is 8.49. The molecule has 0 spiro atoms. The molecule has 4 nitrogen and oxygen atoms in total. The number of halogens is 1. The van der Waals surface area contributed by atoms with Crippen LogP contribution in [0.3, 0.4) is 0 Å². The van der Waals surface area contributed by atoms with Crippen molar-refractivity contribution in [3.63, 3.8) is 0 Å². The number of carbonyl (C=O) groups excluding carboxylic acids is 2. The summed E-state index contributed by atoms with van der Waals surface area (Å²) in [5.74, 6) is -0.373. The van der Waals surface area contributed by atoms with E-state index in [0.717, 1.165) is 18.4 Å². The predicted molar refractivity (Wildman–Crippen MR) is 101 cm³/mol. The molecule has 5 heteroatoms. The largest absolute Gasteiger partial charge is 0.356 e. The van der Waals surface area contributed by atoms with E-state index in [1.165, 1.54) is 0 Å². The van der Waals surface area contributed by atoms with Crippen molar-refractivity contribution in [3.05, 3.63) is 70.7 Å². The summed E-state index contributed by atoms with van der Waals surface area (Å²) in [6.07, 6.45) is 2.14. The molecule has 1 unspecified atom stereocenters. The molecule has 0 aliphatic carbocycles. The zero-order valence-corrected chi connectivity index (χ0v) is 15.1. The summed E-state index contributed by atoms with van der Waals surface area (Å²) in [6, 6.07) is 15.9. The van der Waals surface area contributed by atoms with Crippen LogP contribution in [0.15, 0.2) is 54.6 Å². The predicted octanol–water partition coefficient (Wildman–Crippen LogP) is 4.12. The van der Waals surface area contributed by atoms with E-state index >= 15 is 0 Å². The minimum absolute atomic E-state index is 0.0817. The zero-order chi connectivity index (χ0) is 18.1. The molecule has 0 radical (unpaired) electrons. The third-order valence-corrected chi connectivity index (χ3v) is 4.20. The van der Waals surface area contributed by atoms with E-state index in [0.29, 0.717) is 17.1 Å². The molecule has 0 heterocycles. The third kappa shape index (κ3) is 5.91. The van der Waals surface area contributed by atoms with E-state index in [1.807, 2.05) is 30.3 Å². The fourth-order valence-electron chi connectivity index (χ4n) is 2.48. The van der Waals surface area contributed by atoms with Crippen molar-refractivity contribution < 1.29 is 9.59 Å². The summed E-state index contributed by atoms with van der Waals surface area (Å²) in [6.45, 7) is 2.72. The molecule has 2 rings (SSSR count). The SMILES string of the molecule is CCCCNC(=O)CC(NC(=O)c1ccccc1Cl)c1ccccc1. The number of amides is 2. The highest BCUT2D eigenvalue weighted by Crippen LogP contribution is 2.20. The van der Waals surface area contributed by atoms with E-state index in [4.69, 9.17) is 11.6 Å². The maximum atomic E-state index is 12.6. The lowest BCUT2D eigenvalue weighted by molar-refractivity contribution is -0.121. The van der Waals surface area contributed by atoms with Gasteiger partial charge in [0.25, 0.3) is 5.91 Å². The van der Waals surface area contributed by atoms with Gasteiger partial charge in [-0.3, -0.25) is 9.59 Å². The molecule has 0 bridgehead atoms. The Labute approximate surface area is 153 Å². The van der Waals surface area contributed by atoms with Crippen molar-refractivity contribution in [3.8, 4) is 0 Å². The number of benzene rings is 2. The molecule has 2 N–H and O–H groups in total. The van der Waals surface area contributed by atoms with Crippen LogP contribution in [-0.2, 0) is 4.79 Å².